The standard InChI is InChI=1S/2C6H15O4Si.2C3H7O.Ti/c2*1-4-8-11(7,9-5-2)10-6-3;2*1-3(2)4;/h2*4-6H2,1-3H3;2*3H,1-2H3;/q4*-1;+4. The summed E-state index contributed by atoms with van der Waals surface area (Å²) in [5, 5.41) is 19.1. The molecule has 0 bridgehead atoms. The van der Waals surface area contributed by atoms with Gasteiger partial charge in [-0.15, -0.1) is 12.2 Å². The fraction of sp³-hybridized carbons (Fsp3) is 1.00. The van der Waals surface area contributed by atoms with Gasteiger partial charge in [-0.25, -0.2) is 0 Å². The van der Waals surface area contributed by atoms with Crippen LogP contribution in [0.5, 0.6) is 0 Å². The Morgan fingerprint density at radius 1 is 0.484 bits per heavy atom. The maximum Gasteiger partial charge on any atom is 4.00 e. The summed E-state index contributed by atoms with van der Waals surface area (Å²) < 4.78 is 29.1. The average molecular weight is 525 g/mol. The summed E-state index contributed by atoms with van der Waals surface area (Å²) in [4.78, 5) is 22.7. The van der Waals surface area contributed by atoms with E-state index in [-0.39, 0.29) is 21.7 Å². The van der Waals surface area contributed by atoms with Gasteiger partial charge in [0.1, 0.15) is 0 Å². The molecule has 0 aromatic carbocycles. The summed E-state index contributed by atoms with van der Waals surface area (Å²) >= 11 is 0. The van der Waals surface area contributed by atoms with E-state index in [1.165, 1.54) is 0 Å². The minimum atomic E-state index is -3.50. The number of hydrogen-bond donors (Lipinski definition) is 0. The summed E-state index contributed by atoms with van der Waals surface area (Å²) in [6.45, 7) is 19.0. The van der Waals surface area contributed by atoms with E-state index >= 15 is 0 Å². The summed E-state index contributed by atoms with van der Waals surface area (Å²) in [5.41, 5.74) is 0. The normalized spacial score (nSPS) is 10.8. The third-order valence-corrected chi connectivity index (χ3v) is 5.78. The SMILES string of the molecule is CC(C)[O-].CC(C)[O-].CCO[Si]([O-])(OCC)OCC.CCO[Si]([O-])(OCC)OCC.[Ti+4]. The summed E-state index contributed by atoms with van der Waals surface area (Å²) in [7, 11) is -7.00. The Hall–Kier alpha value is 0.748. The molecule has 0 spiro atoms. The van der Waals surface area contributed by atoms with Crippen LogP contribution >= 0.6 is 0 Å². The van der Waals surface area contributed by atoms with Crippen molar-refractivity contribution in [1.29, 1.82) is 0 Å². The van der Waals surface area contributed by atoms with Crippen molar-refractivity contribution >= 4 is 18.1 Å². The zero-order valence-electron chi connectivity index (χ0n) is 21.0. The quantitative estimate of drug-likeness (QED) is 0.300. The average Bonchev–Trinajstić information content (AvgIpc) is 2.55. The molecule has 13 heteroatoms. The molecule has 31 heavy (non-hydrogen) atoms. The molecule has 0 saturated heterocycles. The molecule has 0 amide bonds. The van der Waals surface area contributed by atoms with Crippen LogP contribution in [0.25, 0.3) is 0 Å². The second-order valence-corrected chi connectivity index (χ2v) is 9.43. The summed E-state index contributed by atoms with van der Waals surface area (Å²) in [5.74, 6) is 0. The first-order valence-electron chi connectivity index (χ1n) is 10.4. The van der Waals surface area contributed by atoms with Crippen molar-refractivity contribution in [1.82, 2.24) is 0 Å². The van der Waals surface area contributed by atoms with E-state index in [2.05, 4.69) is 0 Å². The Morgan fingerprint density at radius 2 is 0.581 bits per heavy atom. The van der Waals surface area contributed by atoms with Crippen molar-refractivity contribution in [2.24, 2.45) is 0 Å². The maximum absolute atomic E-state index is 11.4. The first-order chi connectivity index (χ1) is 13.8. The molecule has 0 atom stereocenters. The molecule has 0 rings (SSSR count). The molecule has 0 aromatic rings. The molecule has 0 heterocycles. The van der Waals surface area contributed by atoms with Gasteiger partial charge in [-0.2, -0.15) is 0 Å². The molecule has 0 radical (unpaired) electrons. The largest absolute Gasteiger partial charge is 4.00 e. The van der Waals surface area contributed by atoms with Gasteiger partial charge in [0, 0.05) is 39.6 Å². The van der Waals surface area contributed by atoms with Gasteiger partial charge in [0.15, 0.2) is 0 Å². The Bertz CT molecular complexity index is 260. The first kappa shape index (κ1) is 42.0. The van der Waals surface area contributed by atoms with E-state index in [1.807, 2.05) is 0 Å². The van der Waals surface area contributed by atoms with Crippen molar-refractivity contribution < 1.29 is 68.1 Å². The predicted octanol–water partition coefficient (Wildman–Crippen LogP) is -0.709. The molecule has 0 unspecified atom stereocenters. The van der Waals surface area contributed by atoms with Gasteiger partial charge in [-0.3, -0.25) is 0 Å². The monoisotopic (exact) mass is 524 g/mol. The second-order valence-electron chi connectivity index (χ2n) is 5.70. The van der Waals surface area contributed by atoms with Crippen molar-refractivity contribution in [3.8, 4) is 0 Å². The van der Waals surface area contributed by atoms with Gasteiger partial charge in [0.05, 0.1) is 0 Å². The number of hydrogen-bond acceptors (Lipinski definition) is 10. The van der Waals surface area contributed by atoms with Crippen LogP contribution in [-0.4, -0.2) is 69.9 Å². The predicted molar refractivity (Wildman–Crippen MR) is 112 cm³/mol. The Labute approximate surface area is 207 Å². The van der Waals surface area contributed by atoms with Crippen molar-refractivity contribution in [3.05, 3.63) is 0 Å². The molecule has 10 nitrogen and oxygen atoms in total. The zero-order chi connectivity index (χ0) is 24.6. The van der Waals surface area contributed by atoms with E-state index < -0.39 is 30.3 Å². The molecule has 188 valence electrons. The smallest absolute Gasteiger partial charge is 0.852 e. The fourth-order valence-electron chi connectivity index (χ4n) is 1.31. The van der Waals surface area contributed by atoms with Crippen LogP contribution in [0.1, 0.15) is 69.2 Å². The summed E-state index contributed by atoms with van der Waals surface area (Å²) in [6, 6.07) is 0. The molecular formula is C18H44O10Si2Ti. The van der Waals surface area contributed by atoms with E-state index in [9.17, 15) is 19.8 Å². The van der Waals surface area contributed by atoms with Gasteiger partial charge >= 0.3 is 39.8 Å². The van der Waals surface area contributed by atoms with Crippen molar-refractivity contribution in [3.63, 3.8) is 0 Å². The van der Waals surface area contributed by atoms with Crippen LogP contribution in [0.2, 0.25) is 0 Å². The second kappa shape index (κ2) is 28.8. The van der Waals surface area contributed by atoms with E-state index in [1.54, 1.807) is 69.2 Å². The van der Waals surface area contributed by atoms with E-state index in [0.29, 0.717) is 39.6 Å². The third-order valence-electron chi connectivity index (χ3n) is 1.93. The van der Waals surface area contributed by atoms with Crippen LogP contribution in [0.3, 0.4) is 0 Å². The molecule has 0 N–H and O–H groups in total. The minimum absolute atomic E-state index is 0. The Balaban J connectivity index is -0.000000106. The van der Waals surface area contributed by atoms with E-state index in [4.69, 9.17) is 26.6 Å². The van der Waals surface area contributed by atoms with Gasteiger partial charge in [0.2, 0.25) is 0 Å². The van der Waals surface area contributed by atoms with E-state index in [0.717, 1.165) is 0 Å². The molecule has 0 aromatic heterocycles. The van der Waals surface area contributed by atoms with Gasteiger partial charge in [-0.1, -0.05) is 27.7 Å². The van der Waals surface area contributed by atoms with Crippen molar-refractivity contribution in [2.75, 3.05) is 39.6 Å². The third kappa shape index (κ3) is 41.5. The van der Waals surface area contributed by atoms with Crippen molar-refractivity contribution in [2.45, 2.75) is 81.4 Å². The van der Waals surface area contributed by atoms with Gasteiger partial charge in [-0.05, 0) is 41.5 Å². The topological polar surface area (TPSA) is 148 Å². The number of rotatable bonds is 12. The molecule has 0 aliphatic heterocycles. The molecule has 0 fully saturated rings. The van der Waals surface area contributed by atoms with Crippen LogP contribution in [-0.2, 0) is 48.3 Å². The molecular weight excluding hydrogens is 480 g/mol. The molecule has 0 aliphatic carbocycles. The van der Waals surface area contributed by atoms with Crippen LogP contribution in [0, 0.1) is 0 Å². The zero-order valence-corrected chi connectivity index (χ0v) is 24.5. The minimum Gasteiger partial charge on any atom is -0.852 e. The maximum atomic E-state index is 11.4. The van der Waals surface area contributed by atoms with Gasteiger partial charge < -0.3 is 46.4 Å². The Morgan fingerprint density at radius 3 is 0.645 bits per heavy atom. The molecule has 0 aliphatic rings. The van der Waals surface area contributed by atoms with Crippen LogP contribution in [0.15, 0.2) is 0 Å². The fourth-order valence-corrected chi connectivity index (χ4v) is 3.93. The Kier molecular flexibility index (Phi) is 38.9. The first-order valence-corrected chi connectivity index (χ1v) is 13.7. The molecule has 0 saturated carbocycles. The summed E-state index contributed by atoms with van der Waals surface area (Å²) in [6.07, 6.45) is -0.833. The van der Waals surface area contributed by atoms with Crippen LogP contribution < -0.4 is 19.8 Å². The van der Waals surface area contributed by atoms with Gasteiger partial charge in [0.25, 0.3) is 0 Å². The van der Waals surface area contributed by atoms with Crippen LogP contribution in [0.4, 0.5) is 0 Å².